The molecule has 0 saturated heterocycles. The maximum absolute atomic E-state index is 11.3. The molecular weight excluding hydrogens is 192 g/mol. The number of carbonyl (C=O) groups excluding carboxylic acids is 1. The number of nitrogens with two attached hydrogens (primary N) is 1. The molecular formula is C11H16N2O2. The van der Waals surface area contributed by atoms with Crippen LogP contribution in [0.4, 0.5) is 0 Å². The summed E-state index contributed by atoms with van der Waals surface area (Å²) in [7, 11) is 0. The summed E-state index contributed by atoms with van der Waals surface area (Å²) in [4.78, 5) is 11.3. The number of nitrogens with one attached hydrogen (secondary N) is 1. The molecule has 2 unspecified atom stereocenters. The fourth-order valence-electron chi connectivity index (χ4n) is 1.13. The van der Waals surface area contributed by atoms with Gasteiger partial charge in [-0.1, -0.05) is 30.3 Å². The molecule has 0 aromatic heterocycles. The molecule has 0 heterocycles. The van der Waals surface area contributed by atoms with Crippen LogP contribution in [0.15, 0.2) is 30.3 Å². The Bertz CT molecular complexity index is 312. The molecule has 0 aliphatic heterocycles. The average molecular weight is 208 g/mol. The second kappa shape index (κ2) is 5.48. The predicted molar refractivity (Wildman–Crippen MR) is 57.9 cm³/mol. The lowest BCUT2D eigenvalue weighted by Gasteiger charge is -2.14. The van der Waals surface area contributed by atoms with Gasteiger partial charge in [0, 0.05) is 12.6 Å². The Morgan fingerprint density at radius 1 is 1.47 bits per heavy atom. The van der Waals surface area contributed by atoms with E-state index in [1.54, 1.807) is 6.92 Å². The number of aliphatic hydroxyl groups excluding tert-OH is 1. The number of aliphatic hydroxyl groups is 1. The molecule has 82 valence electrons. The molecule has 0 radical (unpaired) electrons. The Morgan fingerprint density at radius 2 is 2.07 bits per heavy atom. The van der Waals surface area contributed by atoms with Crippen LogP contribution >= 0.6 is 0 Å². The highest BCUT2D eigenvalue weighted by Crippen LogP contribution is 1.98. The number of carbonyl (C=O) groups is 1. The van der Waals surface area contributed by atoms with Gasteiger partial charge in [0.1, 0.15) is 6.10 Å². The lowest BCUT2D eigenvalue weighted by Crippen LogP contribution is -2.44. The van der Waals surface area contributed by atoms with Gasteiger partial charge in [-0.15, -0.1) is 0 Å². The first-order valence-electron chi connectivity index (χ1n) is 4.86. The van der Waals surface area contributed by atoms with Crippen molar-refractivity contribution in [1.82, 2.24) is 5.32 Å². The van der Waals surface area contributed by atoms with Gasteiger partial charge in [0.05, 0.1) is 0 Å². The van der Waals surface area contributed by atoms with E-state index >= 15 is 0 Å². The number of amides is 1. The summed E-state index contributed by atoms with van der Waals surface area (Å²) in [5, 5.41) is 11.9. The molecule has 2 atom stereocenters. The van der Waals surface area contributed by atoms with Crippen molar-refractivity contribution < 1.29 is 9.90 Å². The molecule has 1 aromatic rings. The average Bonchev–Trinajstić information content (AvgIpc) is 2.26. The molecule has 0 bridgehead atoms. The van der Waals surface area contributed by atoms with Crippen LogP contribution in [0, 0.1) is 0 Å². The highest BCUT2D eigenvalue weighted by molar-refractivity contribution is 5.81. The fourth-order valence-corrected chi connectivity index (χ4v) is 1.13. The van der Waals surface area contributed by atoms with E-state index in [-0.39, 0.29) is 0 Å². The lowest BCUT2D eigenvalue weighted by molar-refractivity contribution is -0.130. The molecule has 1 rings (SSSR count). The minimum absolute atomic E-state index is 0.406. The van der Waals surface area contributed by atoms with Crippen molar-refractivity contribution in [3.63, 3.8) is 0 Å². The highest BCUT2D eigenvalue weighted by Gasteiger charge is 2.18. The van der Waals surface area contributed by atoms with E-state index in [1.165, 1.54) is 0 Å². The van der Waals surface area contributed by atoms with Crippen LogP contribution in [-0.2, 0) is 11.3 Å². The van der Waals surface area contributed by atoms with Crippen LogP contribution < -0.4 is 11.1 Å². The normalized spacial score (nSPS) is 14.3. The number of hydrogen-bond acceptors (Lipinski definition) is 3. The molecule has 0 saturated carbocycles. The van der Waals surface area contributed by atoms with Crippen molar-refractivity contribution in [3.05, 3.63) is 35.9 Å². The van der Waals surface area contributed by atoms with E-state index in [2.05, 4.69) is 5.32 Å². The second-order valence-corrected chi connectivity index (χ2v) is 3.51. The minimum Gasteiger partial charge on any atom is -0.382 e. The summed E-state index contributed by atoms with van der Waals surface area (Å²) in [6.07, 6.45) is -1.14. The summed E-state index contributed by atoms with van der Waals surface area (Å²) in [6, 6.07) is 8.94. The molecule has 0 fully saturated rings. The second-order valence-electron chi connectivity index (χ2n) is 3.51. The van der Waals surface area contributed by atoms with Gasteiger partial charge in [-0.2, -0.15) is 0 Å². The zero-order valence-corrected chi connectivity index (χ0v) is 8.68. The fraction of sp³-hybridized carbons (Fsp3) is 0.364. The van der Waals surface area contributed by atoms with Gasteiger partial charge >= 0.3 is 0 Å². The van der Waals surface area contributed by atoms with E-state index in [1.807, 2.05) is 30.3 Å². The van der Waals surface area contributed by atoms with E-state index in [9.17, 15) is 9.90 Å². The Balaban J connectivity index is 2.41. The van der Waals surface area contributed by atoms with Gasteiger partial charge < -0.3 is 16.2 Å². The topological polar surface area (TPSA) is 75.3 Å². The molecule has 0 aliphatic carbocycles. The summed E-state index contributed by atoms with van der Waals surface area (Å²) in [6.45, 7) is 2.00. The molecule has 1 amide bonds. The Kier molecular flexibility index (Phi) is 4.27. The third-order valence-electron chi connectivity index (χ3n) is 2.08. The quantitative estimate of drug-likeness (QED) is 0.652. The number of benzene rings is 1. The van der Waals surface area contributed by atoms with Crippen LogP contribution in [0.25, 0.3) is 0 Å². The maximum atomic E-state index is 11.3. The lowest BCUT2D eigenvalue weighted by atomic mass is 10.2. The van der Waals surface area contributed by atoms with Crippen molar-refractivity contribution >= 4 is 5.91 Å². The van der Waals surface area contributed by atoms with Crippen molar-refractivity contribution in [1.29, 1.82) is 0 Å². The monoisotopic (exact) mass is 208 g/mol. The zero-order chi connectivity index (χ0) is 11.3. The molecule has 1 aromatic carbocycles. The molecule has 4 heteroatoms. The van der Waals surface area contributed by atoms with Crippen molar-refractivity contribution in [2.24, 2.45) is 5.73 Å². The first-order chi connectivity index (χ1) is 7.11. The predicted octanol–water partition coefficient (Wildman–Crippen LogP) is 0.0109. The Labute approximate surface area is 89.1 Å². The molecule has 4 nitrogen and oxygen atoms in total. The van der Waals surface area contributed by atoms with Gasteiger partial charge in [0.15, 0.2) is 0 Å². The van der Waals surface area contributed by atoms with Crippen molar-refractivity contribution in [2.75, 3.05) is 0 Å². The van der Waals surface area contributed by atoms with Gasteiger partial charge in [0.25, 0.3) is 5.91 Å². The first-order valence-corrected chi connectivity index (χ1v) is 4.86. The van der Waals surface area contributed by atoms with Crippen LogP contribution in [0.5, 0.6) is 0 Å². The van der Waals surface area contributed by atoms with Gasteiger partial charge in [-0.3, -0.25) is 4.79 Å². The van der Waals surface area contributed by atoms with E-state index in [0.717, 1.165) is 5.56 Å². The first kappa shape index (κ1) is 11.7. The smallest absolute Gasteiger partial charge is 0.250 e. The third kappa shape index (κ3) is 3.69. The Hall–Kier alpha value is -1.39. The van der Waals surface area contributed by atoms with Gasteiger partial charge in [-0.25, -0.2) is 0 Å². The molecule has 0 aliphatic rings. The largest absolute Gasteiger partial charge is 0.382 e. The van der Waals surface area contributed by atoms with Crippen LogP contribution in [0.3, 0.4) is 0 Å². The standard InChI is InChI=1S/C11H16N2O2/c1-8(12)10(14)11(15)13-7-9-5-3-2-4-6-9/h2-6,8,10,14H,7,12H2,1H3,(H,13,15). The van der Waals surface area contributed by atoms with Crippen molar-refractivity contribution in [3.8, 4) is 0 Å². The Morgan fingerprint density at radius 3 is 2.60 bits per heavy atom. The van der Waals surface area contributed by atoms with E-state index in [4.69, 9.17) is 5.73 Å². The summed E-state index contributed by atoms with van der Waals surface area (Å²) < 4.78 is 0. The van der Waals surface area contributed by atoms with Gasteiger partial charge in [0.2, 0.25) is 0 Å². The number of rotatable bonds is 4. The number of hydrogen-bond donors (Lipinski definition) is 3. The third-order valence-corrected chi connectivity index (χ3v) is 2.08. The van der Waals surface area contributed by atoms with E-state index in [0.29, 0.717) is 6.54 Å². The summed E-state index contributed by atoms with van der Waals surface area (Å²) in [5.41, 5.74) is 6.38. The van der Waals surface area contributed by atoms with Crippen LogP contribution in [0.2, 0.25) is 0 Å². The van der Waals surface area contributed by atoms with E-state index < -0.39 is 18.1 Å². The molecule has 15 heavy (non-hydrogen) atoms. The summed E-state index contributed by atoms with van der Waals surface area (Å²) >= 11 is 0. The SMILES string of the molecule is CC(N)C(O)C(=O)NCc1ccccc1. The summed E-state index contributed by atoms with van der Waals surface area (Å²) in [5.74, 6) is -0.436. The van der Waals surface area contributed by atoms with Gasteiger partial charge in [-0.05, 0) is 12.5 Å². The highest BCUT2D eigenvalue weighted by atomic mass is 16.3. The zero-order valence-electron chi connectivity index (χ0n) is 8.68. The molecule has 4 N–H and O–H groups in total. The maximum Gasteiger partial charge on any atom is 0.250 e. The van der Waals surface area contributed by atoms with Crippen molar-refractivity contribution in [2.45, 2.75) is 25.6 Å². The van der Waals surface area contributed by atoms with Crippen LogP contribution in [0.1, 0.15) is 12.5 Å². The molecule has 0 spiro atoms. The minimum atomic E-state index is -1.14. The van der Waals surface area contributed by atoms with Crippen LogP contribution in [-0.4, -0.2) is 23.2 Å².